The second kappa shape index (κ2) is 40.3. The van der Waals surface area contributed by atoms with Gasteiger partial charge in [0.25, 0.3) is 0 Å². The zero-order valence-corrected chi connectivity index (χ0v) is 27.4. The Morgan fingerprint density at radius 2 is 0.568 bits per heavy atom. The van der Waals surface area contributed by atoms with Crippen LogP contribution in [0.1, 0.15) is 13.3 Å². The molecular formula is C29H57ClO14. The van der Waals surface area contributed by atoms with Crippen molar-refractivity contribution in [3.05, 3.63) is 0 Å². The minimum absolute atomic E-state index is 0.252. The summed E-state index contributed by atoms with van der Waals surface area (Å²) in [5.74, 6) is 0.243. The molecule has 264 valence electrons. The normalized spacial score (nSPS) is 11.4. The smallest absolute Gasteiger partial charge is 0.308 e. The van der Waals surface area contributed by atoms with Gasteiger partial charge in [-0.25, -0.2) is 0 Å². The third-order valence-corrected chi connectivity index (χ3v) is 5.22. The van der Waals surface area contributed by atoms with Crippen LogP contribution in [0, 0.1) is 0 Å². The van der Waals surface area contributed by atoms with E-state index in [9.17, 15) is 4.79 Å². The standard InChI is InChI=1S/C29H57ClO14/c1-2-44-29(31)3-5-32-7-9-34-11-13-36-15-17-38-19-21-40-23-25-42-27-28-43-26-24-41-22-20-39-18-16-37-14-12-35-10-8-33-6-4-30/h2-28H2,1H3. The van der Waals surface area contributed by atoms with Crippen molar-refractivity contribution in [2.24, 2.45) is 0 Å². The molecule has 0 spiro atoms. The molecule has 0 fully saturated rings. The lowest BCUT2D eigenvalue weighted by Crippen LogP contribution is -2.15. The number of carbonyl (C=O) groups is 1. The predicted molar refractivity (Wildman–Crippen MR) is 162 cm³/mol. The van der Waals surface area contributed by atoms with Gasteiger partial charge in [-0.1, -0.05) is 0 Å². The largest absolute Gasteiger partial charge is 0.466 e. The lowest BCUT2D eigenvalue weighted by Gasteiger charge is -2.09. The summed E-state index contributed by atoms with van der Waals surface area (Å²) in [5.41, 5.74) is 0. The van der Waals surface area contributed by atoms with E-state index in [2.05, 4.69) is 0 Å². The highest BCUT2D eigenvalue weighted by molar-refractivity contribution is 6.17. The maximum absolute atomic E-state index is 11.1. The van der Waals surface area contributed by atoms with Crippen LogP contribution in [0.25, 0.3) is 0 Å². The summed E-state index contributed by atoms with van der Waals surface area (Å²) >= 11 is 5.51. The number of rotatable bonds is 39. The highest BCUT2D eigenvalue weighted by Gasteiger charge is 2.01. The molecule has 0 amide bonds. The number of esters is 1. The maximum atomic E-state index is 11.1. The van der Waals surface area contributed by atoms with Crippen LogP contribution in [0.4, 0.5) is 0 Å². The topological polar surface area (TPSA) is 137 Å². The first-order valence-electron chi connectivity index (χ1n) is 15.5. The molecule has 0 aromatic heterocycles. The van der Waals surface area contributed by atoms with Crippen molar-refractivity contribution in [3.8, 4) is 0 Å². The molecule has 0 rings (SSSR count). The molecule has 15 heteroatoms. The zero-order valence-electron chi connectivity index (χ0n) is 26.7. The molecule has 0 unspecified atom stereocenters. The Kier molecular flexibility index (Phi) is 39.6. The summed E-state index contributed by atoms with van der Waals surface area (Å²) in [6, 6.07) is 0. The molecule has 14 nitrogen and oxygen atoms in total. The van der Waals surface area contributed by atoms with Crippen LogP contribution in [0.15, 0.2) is 0 Å². The van der Waals surface area contributed by atoms with Crippen molar-refractivity contribution in [2.75, 3.05) is 171 Å². The van der Waals surface area contributed by atoms with Crippen molar-refractivity contribution in [1.29, 1.82) is 0 Å². The molecule has 0 aromatic carbocycles. The van der Waals surface area contributed by atoms with Gasteiger partial charge in [0.15, 0.2) is 0 Å². The predicted octanol–water partition coefficient (Wildman–Crippen LogP) is 1.38. The maximum Gasteiger partial charge on any atom is 0.308 e. The van der Waals surface area contributed by atoms with Crippen molar-refractivity contribution in [3.63, 3.8) is 0 Å². The van der Waals surface area contributed by atoms with Crippen LogP contribution >= 0.6 is 11.6 Å². The average molecular weight is 665 g/mol. The monoisotopic (exact) mass is 664 g/mol. The second-order valence-corrected chi connectivity index (χ2v) is 8.97. The molecule has 0 aliphatic heterocycles. The first-order valence-corrected chi connectivity index (χ1v) is 16.0. The third kappa shape index (κ3) is 39.3. The molecule has 0 atom stereocenters. The molecular weight excluding hydrogens is 608 g/mol. The highest BCUT2D eigenvalue weighted by Crippen LogP contribution is 1.90. The van der Waals surface area contributed by atoms with E-state index in [-0.39, 0.29) is 12.4 Å². The minimum Gasteiger partial charge on any atom is -0.466 e. The first-order chi connectivity index (χ1) is 21.8. The van der Waals surface area contributed by atoms with Gasteiger partial charge in [0.05, 0.1) is 172 Å². The molecule has 0 bridgehead atoms. The molecule has 0 heterocycles. The van der Waals surface area contributed by atoms with Gasteiger partial charge >= 0.3 is 5.97 Å². The summed E-state index contributed by atoms with van der Waals surface area (Å²) in [4.78, 5) is 11.1. The number of carbonyl (C=O) groups excluding carboxylic acids is 1. The van der Waals surface area contributed by atoms with E-state index in [0.717, 1.165) is 0 Å². The quantitative estimate of drug-likeness (QED) is 0.0531. The Morgan fingerprint density at radius 1 is 0.364 bits per heavy atom. The third-order valence-electron chi connectivity index (χ3n) is 5.07. The summed E-state index contributed by atoms with van der Waals surface area (Å²) in [5, 5.41) is 0. The van der Waals surface area contributed by atoms with Crippen LogP contribution < -0.4 is 0 Å². The Bertz CT molecular complexity index is 550. The van der Waals surface area contributed by atoms with Crippen LogP contribution in [0.2, 0.25) is 0 Å². The summed E-state index contributed by atoms with van der Waals surface area (Å²) in [6.07, 6.45) is 0.256. The molecule has 0 aliphatic carbocycles. The molecule has 0 radical (unpaired) electrons. The Labute approximate surface area is 268 Å². The van der Waals surface area contributed by atoms with Crippen molar-refractivity contribution >= 4 is 17.6 Å². The Morgan fingerprint density at radius 3 is 0.773 bits per heavy atom. The fourth-order valence-corrected chi connectivity index (χ4v) is 3.07. The van der Waals surface area contributed by atoms with E-state index in [0.29, 0.717) is 171 Å². The fourth-order valence-electron chi connectivity index (χ4n) is 2.96. The van der Waals surface area contributed by atoms with E-state index >= 15 is 0 Å². The van der Waals surface area contributed by atoms with Crippen LogP contribution in [-0.4, -0.2) is 177 Å². The summed E-state index contributed by atoms with van der Waals surface area (Å²) < 4.78 is 69.6. The van der Waals surface area contributed by atoms with Crippen LogP contribution in [-0.2, 0) is 66.4 Å². The van der Waals surface area contributed by atoms with Gasteiger partial charge in [-0.15, -0.1) is 11.6 Å². The minimum atomic E-state index is -0.252. The second-order valence-electron chi connectivity index (χ2n) is 8.59. The van der Waals surface area contributed by atoms with Gasteiger partial charge in [0.2, 0.25) is 0 Å². The van der Waals surface area contributed by atoms with Gasteiger partial charge in [-0.2, -0.15) is 0 Å². The summed E-state index contributed by atoms with van der Waals surface area (Å²) in [6.45, 7) is 14.0. The molecule has 0 aromatic rings. The molecule has 0 saturated carbocycles. The van der Waals surface area contributed by atoms with Crippen molar-refractivity contribution in [2.45, 2.75) is 13.3 Å². The summed E-state index contributed by atoms with van der Waals surface area (Å²) in [7, 11) is 0. The van der Waals surface area contributed by atoms with E-state index in [4.69, 9.17) is 73.2 Å². The van der Waals surface area contributed by atoms with Gasteiger partial charge in [0.1, 0.15) is 0 Å². The average Bonchev–Trinajstić information content (AvgIpc) is 3.02. The van der Waals surface area contributed by atoms with Crippen LogP contribution in [0.3, 0.4) is 0 Å². The zero-order chi connectivity index (χ0) is 31.9. The SMILES string of the molecule is CCOC(=O)CCOCCOCCOCCOCCOCCOCCOCCOCCOCCOCCOCCOCCCl. The van der Waals surface area contributed by atoms with E-state index in [1.165, 1.54) is 0 Å². The molecule has 44 heavy (non-hydrogen) atoms. The highest BCUT2D eigenvalue weighted by atomic mass is 35.5. The van der Waals surface area contributed by atoms with Gasteiger partial charge in [-0.3, -0.25) is 4.79 Å². The number of hydrogen-bond donors (Lipinski definition) is 0. The number of alkyl halides is 1. The van der Waals surface area contributed by atoms with Crippen LogP contribution in [0.5, 0.6) is 0 Å². The Balaban J connectivity index is 3.05. The number of ether oxygens (including phenoxy) is 13. The van der Waals surface area contributed by atoms with Crippen molar-refractivity contribution < 1.29 is 66.4 Å². The van der Waals surface area contributed by atoms with E-state index in [1.807, 2.05) is 0 Å². The van der Waals surface area contributed by atoms with E-state index in [1.54, 1.807) is 6.92 Å². The fraction of sp³-hybridized carbons (Fsp3) is 0.966. The number of halogens is 1. The van der Waals surface area contributed by atoms with Crippen molar-refractivity contribution in [1.82, 2.24) is 0 Å². The lowest BCUT2D eigenvalue weighted by atomic mass is 10.5. The molecule has 0 aliphatic rings. The number of hydrogen-bond acceptors (Lipinski definition) is 14. The lowest BCUT2D eigenvalue weighted by molar-refractivity contribution is -0.144. The van der Waals surface area contributed by atoms with Gasteiger partial charge < -0.3 is 61.6 Å². The van der Waals surface area contributed by atoms with Gasteiger partial charge in [0, 0.05) is 5.88 Å². The Hall–Kier alpha value is -0.720. The van der Waals surface area contributed by atoms with Gasteiger partial charge in [-0.05, 0) is 6.92 Å². The molecule has 0 saturated heterocycles. The molecule has 0 N–H and O–H groups in total. The van der Waals surface area contributed by atoms with E-state index < -0.39 is 0 Å². The first kappa shape index (κ1) is 43.3.